The lowest BCUT2D eigenvalue weighted by atomic mass is 9.90. The van der Waals surface area contributed by atoms with E-state index in [4.69, 9.17) is 0 Å². The van der Waals surface area contributed by atoms with Crippen molar-refractivity contribution in [2.75, 3.05) is 13.1 Å². The average Bonchev–Trinajstić information content (AvgIpc) is 3.28. The summed E-state index contributed by atoms with van der Waals surface area (Å²) in [5.74, 6) is -0.274. The van der Waals surface area contributed by atoms with Gasteiger partial charge in [-0.25, -0.2) is 9.07 Å². The lowest BCUT2D eigenvalue weighted by Gasteiger charge is -2.42. The van der Waals surface area contributed by atoms with Crippen LogP contribution in [0.5, 0.6) is 0 Å². The van der Waals surface area contributed by atoms with Gasteiger partial charge in [0.2, 0.25) is 0 Å². The van der Waals surface area contributed by atoms with Gasteiger partial charge in [-0.1, -0.05) is 61.7 Å². The molecule has 5 nitrogen and oxygen atoms in total. The molecule has 4 rings (SSSR count). The molecule has 31 heavy (non-hydrogen) atoms. The molecule has 0 saturated carbocycles. The summed E-state index contributed by atoms with van der Waals surface area (Å²) in [4.78, 5) is 2.49. The molecule has 164 valence electrons. The monoisotopic (exact) mass is 422 g/mol. The van der Waals surface area contributed by atoms with Crippen LogP contribution in [0.2, 0.25) is 0 Å². The molecule has 1 saturated heterocycles. The summed E-state index contributed by atoms with van der Waals surface area (Å²) < 4.78 is 15.0. The van der Waals surface area contributed by atoms with Crippen LogP contribution >= 0.6 is 0 Å². The molecule has 2 aromatic carbocycles. The lowest BCUT2D eigenvalue weighted by Crippen LogP contribution is -2.46. The first-order chi connectivity index (χ1) is 15.2. The quantitative estimate of drug-likeness (QED) is 0.518. The number of hydrogen-bond acceptors (Lipinski definition) is 4. The first-order valence-corrected chi connectivity index (χ1v) is 11.3. The van der Waals surface area contributed by atoms with Crippen LogP contribution in [0.3, 0.4) is 0 Å². The molecule has 6 heteroatoms. The molecule has 0 amide bonds. The molecule has 1 N–H and O–H groups in total. The van der Waals surface area contributed by atoms with Crippen molar-refractivity contribution in [2.24, 2.45) is 0 Å². The highest BCUT2D eigenvalue weighted by Crippen LogP contribution is 2.36. The summed E-state index contributed by atoms with van der Waals surface area (Å²) in [6.45, 7) is 3.95. The largest absolute Gasteiger partial charge is 0.391 e. The van der Waals surface area contributed by atoms with E-state index in [1.165, 1.54) is 37.0 Å². The zero-order valence-electron chi connectivity index (χ0n) is 18.1. The van der Waals surface area contributed by atoms with Crippen molar-refractivity contribution in [1.82, 2.24) is 19.9 Å². The standard InChI is InChI=1S/C25H31FN4O/c1-2-3-4-8-15-29-18-24(25(31)16-23(29)20-9-6-5-7-10-20)30-17-22(27-28-30)19-11-13-21(26)14-12-19/h5-7,9-14,17,23-25,31H,2-4,8,15-16,18H2,1H3/t23-,24-,25-/m1/s1. The summed E-state index contributed by atoms with van der Waals surface area (Å²) in [5, 5.41) is 19.6. The van der Waals surface area contributed by atoms with E-state index in [1.807, 2.05) is 12.3 Å². The summed E-state index contributed by atoms with van der Waals surface area (Å²) in [6, 6.07) is 16.8. The Balaban J connectivity index is 1.53. The first kappa shape index (κ1) is 21.7. The van der Waals surface area contributed by atoms with Crippen molar-refractivity contribution in [3.63, 3.8) is 0 Å². The van der Waals surface area contributed by atoms with E-state index in [1.54, 1.807) is 16.8 Å². The van der Waals surface area contributed by atoms with Crippen LogP contribution in [0, 0.1) is 5.82 Å². The first-order valence-electron chi connectivity index (χ1n) is 11.3. The van der Waals surface area contributed by atoms with Gasteiger partial charge in [0.1, 0.15) is 11.5 Å². The van der Waals surface area contributed by atoms with Crippen LogP contribution in [0.15, 0.2) is 60.8 Å². The normalized spacial score (nSPS) is 22.0. The number of piperidine rings is 1. The van der Waals surface area contributed by atoms with Gasteiger partial charge in [-0.05, 0) is 49.2 Å². The number of halogens is 1. The second-order valence-corrected chi connectivity index (χ2v) is 8.44. The Labute approximate surface area is 183 Å². The maximum Gasteiger partial charge on any atom is 0.123 e. The predicted octanol–water partition coefficient (Wildman–Crippen LogP) is 5.01. The number of unbranched alkanes of at least 4 members (excludes halogenated alkanes) is 3. The second kappa shape index (κ2) is 10.2. The van der Waals surface area contributed by atoms with E-state index in [0.29, 0.717) is 12.1 Å². The van der Waals surface area contributed by atoms with Crippen LogP contribution in [-0.2, 0) is 0 Å². The molecular formula is C25H31FN4O. The number of aromatic nitrogens is 3. The summed E-state index contributed by atoms with van der Waals surface area (Å²) >= 11 is 0. The van der Waals surface area contributed by atoms with E-state index < -0.39 is 6.10 Å². The highest BCUT2D eigenvalue weighted by molar-refractivity contribution is 5.57. The minimum atomic E-state index is -0.514. The van der Waals surface area contributed by atoms with Gasteiger partial charge < -0.3 is 5.11 Å². The van der Waals surface area contributed by atoms with Gasteiger partial charge in [-0.15, -0.1) is 5.10 Å². The number of hydrogen-bond donors (Lipinski definition) is 1. The van der Waals surface area contributed by atoms with Gasteiger partial charge in [0.15, 0.2) is 0 Å². The van der Waals surface area contributed by atoms with Crippen LogP contribution in [-0.4, -0.2) is 44.2 Å². The Morgan fingerprint density at radius 3 is 2.55 bits per heavy atom. The van der Waals surface area contributed by atoms with Crippen molar-refractivity contribution in [2.45, 2.75) is 57.2 Å². The number of aliphatic hydroxyl groups excluding tert-OH is 1. The third kappa shape index (κ3) is 5.20. The van der Waals surface area contributed by atoms with E-state index in [9.17, 15) is 9.50 Å². The van der Waals surface area contributed by atoms with Crippen molar-refractivity contribution in [3.05, 3.63) is 72.2 Å². The number of nitrogens with zero attached hydrogens (tertiary/aromatic N) is 4. The molecule has 1 aromatic heterocycles. The molecular weight excluding hydrogens is 391 g/mol. The van der Waals surface area contributed by atoms with Gasteiger partial charge in [-0.3, -0.25) is 4.90 Å². The molecule has 0 spiro atoms. The SMILES string of the molecule is CCCCCCN1C[C@@H](n2cc(-c3ccc(F)cc3)nn2)[C@H](O)C[C@@H]1c1ccccc1. The Kier molecular flexibility index (Phi) is 7.10. The van der Waals surface area contributed by atoms with Gasteiger partial charge in [-0.2, -0.15) is 0 Å². The van der Waals surface area contributed by atoms with Gasteiger partial charge in [0.25, 0.3) is 0 Å². The minimum Gasteiger partial charge on any atom is -0.391 e. The zero-order chi connectivity index (χ0) is 21.6. The third-order valence-corrected chi connectivity index (χ3v) is 6.24. The Morgan fingerprint density at radius 2 is 1.81 bits per heavy atom. The van der Waals surface area contributed by atoms with Gasteiger partial charge in [0.05, 0.1) is 18.3 Å². The number of rotatable bonds is 8. The number of benzene rings is 2. The Morgan fingerprint density at radius 1 is 1.03 bits per heavy atom. The minimum absolute atomic E-state index is 0.159. The molecule has 3 aromatic rings. The molecule has 1 aliphatic heterocycles. The maximum atomic E-state index is 13.2. The van der Waals surface area contributed by atoms with Crippen molar-refractivity contribution < 1.29 is 9.50 Å². The summed E-state index contributed by atoms with van der Waals surface area (Å²) in [5.41, 5.74) is 2.75. The van der Waals surface area contributed by atoms with Crippen molar-refractivity contribution >= 4 is 0 Å². The smallest absolute Gasteiger partial charge is 0.123 e. The molecule has 1 fully saturated rings. The van der Waals surface area contributed by atoms with Gasteiger partial charge in [0, 0.05) is 18.2 Å². The van der Waals surface area contributed by atoms with Crippen molar-refractivity contribution in [1.29, 1.82) is 0 Å². The highest BCUT2D eigenvalue weighted by atomic mass is 19.1. The van der Waals surface area contributed by atoms with E-state index >= 15 is 0 Å². The molecule has 0 radical (unpaired) electrons. The van der Waals surface area contributed by atoms with Crippen LogP contribution in [0.1, 0.15) is 56.7 Å². The van der Waals surface area contributed by atoms with E-state index in [0.717, 1.165) is 25.1 Å². The fourth-order valence-electron chi connectivity index (χ4n) is 4.49. The molecule has 0 unspecified atom stereocenters. The summed E-state index contributed by atoms with van der Waals surface area (Å²) in [6.07, 6.45) is 6.85. The molecule has 2 heterocycles. The number of likely N-dealkylation sites (tertiary alicyclic amines) is 1. The summed E-state index contributed by atoms with van der Waals surface area (Å²) in [7, 11) is 0. The molecule has 1 aliphatic rings. The van der Waals surface area contributed by atoms with Crippen molar-refractivity contribution in [3.8, 4) is 11.3 Å². The molecule has 0 aliphatic carbocycles. The fourth-order valence-corrected chi connectivity index (χ4v) is 4.49. The molecule has 3 atom stereocenters. The average molecular weight is 423 g/mol. The highest BCUT2D eigenvalue weighted by Gasteiger charge is 2.36. The van der Waals surface area contributed by atoms with E-state index in [2.05, 4.69) is 46.4 Å². The Bertz CT molecular complexity index is 944. The number of aliphatic hydroxyl groups is 1. The maximum absolute atomic E-state index is 13.2. The third-order valence-electron chi connectivity index (χ3n) is 6.24. The molecule has 0 bridgehead atoms. The van der Waals surface area contributed by atoms with E-state index in [-0.39, 0.29) is 17.9 Å². The lowest BCUT2D eigenvalue weighted by molar-refractivity contribution is -0.00774. The fraction of sp³-hybridized carbons (Fsp3) is 0.440. The Hall–Kier alpha value is -2.57. The predicted molar refractivity (Wildman–Crippen MR) is 120 cm³/mol. The van der Waals surface area contributed by atoms with Crippen LogP contribution < -0.4 is 0 Å². The van der Waals surface area contributed by atoms with Crippen LogP contribution in [0.4, 0.5) is 4.39 Å². The zero-order valence-corrected chi connectivity index (χ0v) is 18.1. The topological polar surface area (TPSA) is 54.2 Å². The second-order valence-electron chi connectivity index (χ2n) is 8.44. The van der Waals surface area contributed by atoms with Crippen LogP contribution in [0.25, 0.3) is 11.3 Å². The van der Waals surface area contributed by atoms with Gasteiger partial charge >= 0.3 is 0 Å².